The van der Waals surface area contributed by atoms with Gasteiger partial charge in [0.2, 0.25) is 0 Å². The number of rotatable bonds is 7. The van der Waals surface area contributed by atoms with Gasteiger partial charge in [0.15, 0.2) is 0 Å². The van der Waals surface area contributed by atoms with Crippen LogP contribution in [0.15, 0.2) is 388 Å². The molecule has 4 heteroatoms. The van der Waals surface area contributed by atoms with Crippen molar-refractivity contribution in [1.29, 1.82) is 0 Å². The fourth-order valence-electron chi connectivity index (χ4n) is 19.2. The van der Waals surface area contributed by atoms with Crippen LogP contribution in [0.25, 0.3) is 208 Å². The molecule has 0 aliphatic heterocycles. The first kappa shape index (κ1) is 62.8. The van der Waals surface area contributed by atoms with Gasteiger partial charge in [0.05, 0.1) is 49.8 Å². The van der Waals surface area contributed by atoms with Crippen molar-refractivity contribution in [3.05, 3.63) is 399 Å². The second-order valence-electron chi connectivity index (χ2n) is 30.6. The van der Waals surface area contributed by atoms with E-state index in [1.165, 1.54) is 208 Å². The van der Waals surface area contributed by atoms with Crippen molar-refractivity contribution in [1.82, 2.24) is 18.3 Å². The third-order valence-electron chi connectivity index (χ3n) is 24.4. The zero-order chi connectivity index (χ0) is 73.2. The SMILES string of the molecule is CC1(C)c2ccccc2-c2ccc(-n3c4ccccc4c4cc(-c5ccc6c7ccccc7n(-c7cc8ccccc8c8ccccc78)c6c5)ccc43)cc21.c1ccc(-c2cccc(-n3c4ccccc4c4cc(-c5ccc6c7ccccc7n(-c7ccc8c9ccccc9c9ccccc9c8c7)c6c5)ccc43)c2)cc1. The molecule has 4 aromatic heterocycles. The van der Waals surface area contributed by atoms with Crippen molar-refractivity contribution in [3.63, 3.8) is 0 Å². The Morgan fingerprint density at radius 1 is 0.171 bits per heavy atom. The highest BCUT2D eigenvalue weighted by Gasteiger charge is 2.36. The first-order chi connectivity index (χ1) is 54.8. The van der Waals surface area contributed by atoms with Gasteiger partial charge < -0.3 is 18.3 Å². The molecule has 0 saturated heterocycles. The Balaban J connectivity index is 0.000000133. The van der Waals surface area contributed by atoms with Gasteiger partial charge in [0.1, 0.15) is 0 Å². The van der Waals surface area contributed by atoms with Crippen LogP contribution in [0.1, 0.15) is 25.0 Å². The van der Waals surface area contributed by atoms with Crippen LogP contribution >= 0.6 is 0 Å². The van der Waals surface area contributed by atoms with Gasteiger partial charge in [-0.25, -0.2) is 0 Å². The maximum Gasteiger partial charge on any atom is 0.0547 e. The van der Waals surface area contributed by atoms with Gasteiger partial charge in [0, 0.05) is 71.0 Å². The van der Waals surface area contributed by atoms with Gasteiger partial charge >= 0.3 is 0 Å². The quantitative estimate of drug-likeness (QED) is 0.142. The first-order valence-corrected chi connectivity index (χ1v) is 38.6. The number of fused-ring (bicyclic) bond motifs is 24. The van der Waals surface area contributed by atoms with Crippen molar-refractivity contribution in [3.8, 4) is 67.3 Å². The maximum atomic E-state index is 2.49. The second-order valence-corrected chi connectivity index (χ2v) is 30.6. The molecule has 0 N–H and O–H groups in total. The van der Waals surface area contributed by atoms with Crippen LogP contribution in [0.4, 0.5) is 0 Å². The third-order valence-corrected chi connectivity index (χ3v) is 24.4. The molecular weight excluding hydrogens is 1340 g/mol. The predicted octanol–water partition coefficient (Wildman–Crippen LogP) is 28.8. The van der Waals surface area contributed by atoms with E-state index in [2.05, 4.69) is 420 Å². The third kappa shape index (κ3) is 9.54. The van der Waals surface area contributed by atoms with Crippen LogP contribution in [0.2, 0.25) is 0 Å². The van der Waals surface area contributed by atoms with Crippen LogP contribution < -0.4 is 0 Å². The number of para-hydroxylation sites is 4. The molecule has 23 aromatic rings. The number of aromatic nitrogens is 4. The number of nitrogens with zero attached hydrogens (tertiary/aromatic N) is 4. The molecule has 0 radical (unpaired) electrons. The highest BCUT2D eigenvalue weighted by molar-refractivity contribution is 6.26. The Morgan fingerprint density at radius 3 is 1.13 bits per heavy atom. The molecule has 0 bridgehead atoms. The van der Waals surface area contributed by atoms with E-state index in [1.54, 1.807) is 0 Å². The van der Waals surface area contributed by atoms with E-state index < -0.39 is 0 Å². The highest BCUT2D eigenvalue weighted by Crippen LogP contribution is 2.51. The smallest absolute Gasteiger partial charge is 0.0547 e. The van der Waals surface area contributed by atoms with Gasteiger partial charge in [-0.15, -0.1) is 0 Å². The summed E-state index contributed by atoms with van der Waals surface area (Å²) in [4.78, 5) is 0. The van der Waals surface area contributed by atoms with E-state index in [0.717, 1.165) is 11.4 Å². The Morgan fingerprint density at radius 2 is 0.532 bits per heavy atom. The van der Waals surface area contributed by atoms with Crippen LogP contribution in [0, 0.1) is 0 Å². The molecule has 0 unspecified atom stereocenters. The molecule has 0 spiro atoms. The number of benzene rings is 19. The summed E-state index contributed by atoms with van der Waals surface area (Å²) >= 11 is 0. The van der Waals surface area contributed by atoms with Gasteiger partial charge in [-0.05, 0) is 207 Å². The Hall–Kier alpha value is -14.3. The molecule has 19 aromatic carbocycles. The minimum atomic E-state index is -0.0614. The summed E-state index contributed by atoms with van der Waals surface area (Å²) in [6.45, 7) is 4.72. The van der Waals surface area contributed by atoms with Crippen molar-refractivity contribution in [2.24, 2.45) is 0 Å². The fraction of sp³-hybridized carbons (Fsp3) is 0.0280. The van der Waals surface area contributed by atoms with Gasteiger partial charge in [0.25, 0.3) is 0 Å². The summed E-state index contributed by atoms with van der Waals surface area (Å²) in [6.07, 6.45) is 0. The molecule has 1 aliphatic rings. The van der Waals surface area contributed by atoms with E-state index in [1.807, 2.05) is 0 Å². The molecule has 24 rings (SSSR count). The van der Waals surface area contributed by atoms with Gasteiger partial charge in [-0.2, -0.15) is 0 Å². The van der Waals surface area contributed by atoms with E-state index in [-0.39, 0.29) is 5.41 Å². The Labute approximate surface area is 641 Å². The molecule has 0 atom stereocenters. The lowest BCUT2D eigenvalue weighted by Crippen LogP contribution is -2.15. The zero-order valence-corrected chi connectivity index (χ0v) is 61.2. The lowest BCUT2D eigenvalue weighted by atomic mass is 9.82. The van der Waals surface area contributed by atoms with Crippen molar-refractivity contribution in [2.45, 2.75) is 19.3 Å². The topological polar surface area (TPSA) is 19.7 Å². The highest BCUT2D eigenvalue weighted by atomic mass is 15.0. The summed E-state index contributed by atoms with van der Waals surface area (Å²) in [6, 6.07) is 143. The number of hydrogen-bond donors (Lipinski definition) is 0. The van der Waals surface area contributed by atoms with Crippen molar-refractivity contribution < 1.29 is 0 Å². The Kier molecular flexibility index (Phi) is 13.8. The van der Waals surface area contributed by atoms with Gasteiger partial charge in [-0.1, -0.05) is 299 Å². The molecule has 0 fully saturated rings. The zero-order valence-electron chi connectivity index (χ0n) is 61.2. The minimum Gasteiger partial charge on any atom is -0.309 e. The van der Waals surface area contributed by atoms with Crippen molar-refractivity contribution >= 4 is 141 Å². The summed E-state index contributed by atoms with van der Waals surface area (Å²) < 4.78 is 9.82. The predicted molar refractivity (Wildman–Crippen MR) is 472 cm³/mol. The molecule has 518 valence electrons. The maximum absolute atomic E-state index is 2.49. The molecule has 0 amide bonds. The summed E-state index contributed by atoms with van der Waals surface area (Å²) in [5, 5.41) is 22.8. The standard InChI is InChI=1S/C54H34N2.C53H36N2/c1-2-13-35(14-3-1)36-15-12-16-39(31-36)55-52-24-11-9-22-47(52)50-32-37(26-30-53(50)55)38-25-28-48-46-21-8-10-23-51(46)56(54(48)33-38)40-27-29-45-43-19-5-4-17-41(43)42-18-6-7-20-44(42)49(45)34-40;1-53(2)46-20-10-7-16-39(46)40-27-25-36(32-47(40)53)54-48-21-11-9-19-43(48)45-29-33(24-28-50(45)54)34-23-26-44-42-18-8-12-22-49(42)55(51(44)30-34)52-31-35-13-3-4-14-37(35)38-15-5-6-17-41(38)52/h1-34H;3-32H,1-2H3. The molecule has 1 aliphatic carbocycles. The summed E-state index contributed by atoms with van der Waals surface area (Å²) in [5.41, 5.74) is 27.1. The van der Waals surface area contributed by atoms with E-state index >= 15 is 0 Å². The van der Waals surface area contributed by atoms with Crippen molar-refractivity contribution in [2.75, 3.05) is 0 Å². The normalized spacial score (nSPS) is 12.7. The monoisotopic (exact) mass is 1410 g/mol. The lowest BCUT2D eigenvalue weighted by molar-refractivity contribution is 0.660. The van der Waals surface area contributed by atoms with Crippen LogP contribution in [0.3, 0.4) is 0 Å². The summed E-state index contributed by atoms with van der Waals surface area (Å²) in [5.74, 6) is 0. The van der Waals surface area contributed by atoms with Crippen LogP contribution in [-0.4, -0.2) is 18.3 Å². The average molecular weight is 1410 g/mol. The molecule has 4 nitrogen and oxygen atoms in total. The fourth-order valence-corrected chi connectivity index (χ4v) is 19.2. The first-order valence-electron chi connectivity index (χ1n) is 38.6. The van der Waals surface area contributed by atoms with E-state index in [4.69, 9.17) is 0 Å². The number of hydrogen-bond acceptors (Lipinski definition) is 0. The minimum absolute atomic E-state index is 0.0614. The molecule has 4 heterocycles. The molecular formula is C107H70N4. The van der Waals surface area contributed by atoms with Crippen LogP contribution in [0.5, 0.6) is 0 Å². The summed E-state index contributed by atoms with van der Waals surface area (Å²) in [7, 11) is 0. The average Bonchev–Trinajstić information content (AvgIpc) is 1.68. The second kappa shape index (κ2) is 24.4. The van der Waals surface area contributed by atoms with Gasteiger partial charge in [-0.3, -0.25) is 0 Å². The molecule has 111 heavy (non-hydrogen) atoms. The van der Waals surface area contributed by atoms with E-state index in [0.29, 0.717) is 0 Å². The van der Waals surface area contributed by atoms with Crippen LogP contribution in [-0.2, 0) is 5.41 Å². The lowest BCUT2D eigenvalue weighted by Gasteiger charge is -2.22. The largest absolute Gasteiger partial charge is 0.309 e. The van der Waals surface area contributed by atoms with E-state index in [9.17, 15) is 0 Å². The Bertz CT molecular complexity index is 7830. The molecule has 0 saturated carbocycles.